The lowest BCUT2D eigenvalue weighted by Gasteiger charge is -2.12. The molecular weight excluding hydrogens is 242 g/mol. The Morgan fingerprint density at radius 1 is 1.11 bits per heavy atom. The molecule has 98 valence electrons. The molecule has 0 heterocycles. The van der Waals surface area contributed by atoms with Gasteiger partial charge in [-0.2, -0.15) is 0 Å². The molecule has 0 amide bonds. The van der Waals surface area contributed by atoms with Crippen molar-refractivity contribution in [1.29, 1.82) is 0 Å². The van der Waals surface area contributed by atoms with Gasteiger partial charge in [-0.3, -0.25) is 0 Å². The van der Waals surface area contributed by atoms with Gasteiger partial charge in [-0.15, -0.1) is 0 Å². The third-order valence-electron chi connectivity index (χ3n) is 2.69. The number of anilines is 1. The van der Waals surface area contributed by atoms with E-state index in [1.54, 1.807) is 18.2 Å². The van der Waals surface area contributed by atoms with Crippen molar-refractivity contribution in [3.8, 4) is 5.75 Å². The van der Waals surface area contributed by atoms with E-state index >= 15 is 0 Å². The van der Waals surface area contributed by atoms with Gasteiger partial charge in [-0.25, -0.2) is 4.79 Å². The summed E-state index contributed by atoms with van der Waals surface area (Å²) in [7, 11) is 1.32. The molecule has 0 saturated carbocycles. The van der Waals surface area contributed by atoms with E-state index < -0.39 is 5.97 Å². The topological polar surface area (TPSA) is 61.5 Å². The van der Waals surface area contributed by atoms with Crippen LogP contribution >= 0.6 is 0 Å². The predicted octanol–water partition coefficient (Wildman–Crippen LogP) is 2.63. The lowest BCUT2D eigenvalue weighted by Crippen LogP contribution is -2.09. The molecule has 2 N–H and O–H groups in total. The molecule has 0 radical (unpaired) electrons. The Morgan fingerprint density at radius 3 is 2.53 bits per heavy atom. The molecule has 2 rings (SSSR count). The van der Waals surface area contributed by atoms with Gasteiger partial charge in [0, 0.05) is 5.69 Å². The van der Waals surface area contributed by atoms with E-state index in [1.165, 1.54) is 7.11 Å². The predicted molar refractivity (Wildman–Crippen MR) is 73.0 cm³/mol. The number of esters is 1. The summed E-state index contributed by atoms with van der Waals surface area (Å²) in [4.78, 5) is 11.7. The van der Waals surface area contributed by atoms with Crippen molar-refractivity contribution in [3.05, 3.63) is 59.7 Å². The standard InChI is InChI=1S/C15H15NO3/c1-18-15(17)14-12(16)8-5-9-13(14)19-10-11-6-3-2-4-7-11/h2-9H,10,16H2,1H3. The highest BCUT2D eigenvalue weighted by Crippen LogP contribution is 2.26. The number of benzene rings is 2. The quantitative estimate of drug-likeness (QED) is 0.675. The fraction of sp³-hybridized carbons (Fsp3) is 0.133. The lowest BCUT2D eigenvalue weighted by atomic mass is 10.1. The molecule has 4 heteroatoms. The van der Waals surface area contributed by atoms with Crippen molar-refractivity contribution in [2.24, 2.45) is 0 Å². The van der Waals surface area contributed by atoms with Crippen LogP contribution < -0.4 is 10.5 Å². The van der Waals surface area contributed by atoms with E-state index in [0.29, 0.717) is 18.0 Å². The van der Waals surface area contributed by atoms with Crippen molar-refractivity contribution >= 4 is 11.7 Å². The van der Waals surface area contributed by atoms with Gasteiger partial charge in [-0.1, -0.05) is 36.4 Å². The van der Waals surface area contributed by atoms with E-state index in [4.69, 9.17) is 15.2 Å². The Morgan fingerprint density at radius 2 is 1.84 bits per heavy atom. The largest absolute Gasteiger partial charge is 0.488 e. The Kier molecular flexibility index (Phi) is 4.03. The Labute approximate surface area is 111 Å². The van der Waals surface area contributed by atoms with Crippen LogP contribution in [0.2, 0.25) is 0 Å². The number of hydrogen-bond acceptors (Lipinski definition) is 4. The van der Waals surface area contributed by atoms with E-state index in [0.717, 1.165) is 5.56 Å². The summed E-state index contributed by atoms with van der Waals surface area (Å²) in [5.74, 6) is -0.0723. The van der Waals surface area contributed by atoms with Crippen molar-refractivity contribution in [1.82, 2.24) is 0 Å². The SMILES string of the molecule is COC(=O)c1c(N)cccc1OCc1ccccc1. The number of carbonyl (C=O) groups is 1. The highest BCUT2D eigenvalue weighted by atomic mass is 16.5. The first-order chi connectivity index (χ1) is 9.22. The lowest BCUT2D eigenvalue weighted by molar-refractivity contribution is 0.0597. The zero-order valence-electron chi connectivity index (χ0n) is 10.6. The Hall–Kier alpha value is -2.49. The number of ether oxygens (including phenoxy) is 2. The fourth-order valence-corrected chi connectivity index (χ4v) is 1.72. The summed E-state index contributed by atoms with van der Waals surface area (Å²) in [5.41, 5.74) is 7.41. The maximum Gasteiger partial charge on any atom is 0.343 e. The molecule has 19 heavy (non-hydrogen) atoms. The van der Waals surface area contributed by atoms with Crippen LogP contribution in [0, 0.1) is 0 Å². The highest BCUT2D eigenvalue weighted by Gasteiger charge is 2.16. The summed E-state index contributed by atoms with van der Waals surface area (Å²) < 4.78 is 10.4. The molecule has 0 saturated heterocycles. The van der Waals surface area contributed by atoms with Crippen molar-refractivity contribution in [2.45, 2.75) is 6.61 Å². The molecule has 0 aromatic heterocycles. The van der Waals surface area contributed by atoms with Crippen molar-refractivity contribution < 1.29 is 14.3 Å². The zero-order chi connectivity index (χ0) is 13.7. The van der Waals surface area contributed by atoms with Crippen LogP contribution in [0.5, 0.6) is 5.75 Å². The van der Waals surface area contributed by atoms with E-state index in [9.17, 15) is 4.79 Å². The highest BCUT2D eigenvalue weighted by molar-refractivity contribution is 5.98. The average molecular weight is 257 g/mol. The smallest absolute Gasteiger partial charge is 0.343 e. The molecule has 0 unspecified atom stereocenters. The van der Waals surface area contributed by atoms with Gasteiger partial charge in [0.15, 0.2) is 0 Å². The third kappa shape index (κ3) is 3.04. The molecule has 2 aromatic rings. The summed E-state index contributed by atoms with van der Waals surface area (Å²) >= 11 is 0. The molecule has 4 nitrogen and oxygen atoms in total. The number of methoxy groups -OCH3 is 1. The van der Waals surface area contributed by atoms with Gasteiger partial charge < -0.3 is 15.2 Å². The molecule has 0 aliphatic heterocycles. The number of nitrogens with two attached hydrogens (primary N) is 1. The number of rotatable bonds is 4. The van der Waals surface area contributed by atoms with Crippen LogP contribution in [-0.4, -0.2) is 13.1 Å². The zero-order valence-corrected chi connectivity index (χ0v) is 10.6. The first kappa shape index (κ1) is 13.0. The number of hydrogen-bond donors (Lipinski definition) is 1. The molecule has 2 aromatic carbocycles. The summed E-state index contributed by atoms with van der Waals surface area (Å²) in [6.07, 6.45) is 0. The van der Waals surface area contributed by atoms with E-state index in [2.05, 4.69) is 0 Å². The first-order valence-electron chi connectivity index (χ1n) is 5.86. The minimum absolute atomic E-state index is 0.265. The van der Waals surface area contributed by atoms with Crippen LogP contribution in [0.15, 0.2) is 48.5 Å². The summed E-state index contributed by atoms with van der Waals surface area (Å²) in [6, 6.07) is 14.8. The van der Waals surface area contributed by atoms with Crippen LogP contribution in [-0.2, 0) is 11.3 Å². The minimum atomic E-state index is -0.499. The Balaban J connectivity index is 2.21. The average Bonchev–Trinajstić information content (AvgIpc) is 2.45. The van der Waals surface area contributed by atoms with Gasteiger partial charge in [0.1, 0.15) is 17.9 Å². The summed E-state index contributed by atoms with van der Waals surface area (Å²) in [6.45, 7) is 0.369. The first-order valence-corrected chi connectivity index (χ1v) is 5.86. The molecule has 0 atom stereocenters. The van der Waals surface area contributed by atoms with Crippen molar-refractivity contribution in [3.63, 3.8) is 0 Å². The van der Waals surface area contributed by atoms with E-state index in [-0.39, 0.29) is 5.56 Å². The van der Waals surface area contributed by atoms with Crippen LogP contribution in [0.4, 0.5) is 5.69 Å². The fourth-order valence-electron chi connectivity index (χ4n) is 1.72. The monoisotopic (exact) mass is 257 g/mol. The second-order valence-corrected chi connectivity index (χ2v) is 3.99. The second kappa shape index (κ2) is 5.91. The third-order valence-corrected chi connectivity index (χ3v) is 2.69. The van der Waals surface area contributed by atoms with Gasteiger partial charge in [0.25, 0.3) is 0 Å². The van der Waals surface area contributed by atoms with Gasteiger partial charge in [0.2, 0.25) is 0 Å². The minimum Gasteiger partial charge on any atom is -0.488 e. The molecule has 0 bridgehead atoms. The molecular formula is C15H15NO3. The normalized spacial score (nSPS) is 9.95. The van der Waals surface area contributed by atoms with Crippen molar-refractivity contribution in [2.75, 3.05) is 12.8 Å². The summed E-state index contributed by atoms with van der Waals surface area (Å²) in [5, 5.41) is 0. The van der Waals surface area contributed by atoms with Crippen LogP contribution in [0.1, 0.15) is 15.9 Å². The number of nitrogen functional groups attached to an aromatic ring is 1. The van der Waals surface area contributed by atoms with Crippen LogP contribution in [0.25, 0.3) is 0 Å². The van der Waals surface area contributed by atoms with Gasteiger partial charge in [0.05, 0.1) is 7.11 Å². The molecule has 0 aliphatic carbocycles. The van der Waals surface area contributed by atoms with Gasteiger partial charge >= 0.3 is 5.97 Å². The van der Waals surface area contributed by atoms with Gasteiger partial charge in [-0.05, 0) is 17.7 Å². The maximum absolute atomic E-state index is 11.7. The molecule has 0 fully saturated rings. The Bertz CT molecular complexity index is 567. The maximum atomic E-state index is 11.7. The van der Waals surface area contributed by atoms with Crippen LogP contribution in [0.3, 0.4) is 0 Å². The molecule has 0 spiro atoms. The van der Waals surface area contributed by atoms with E-state index in [1.807, 2.05) is 30.3 Å². The second-order valence-electron chi connectivity index (χ2n) is 3.99. The number of carbonyl (C=O) groups excluding carboxylic acids is 1. The molecule has 0 aliphatic rings.